The highest BCUT2D eigenvalue weighted by Gasteiger charge is 2.60. The molecule has 15 heteroatoms. The quantitative estimate of drug-likeness (QED) is 0.0869. The van der Waals surface area contributed by atoms with Gasteiger partial charge in [0.1, 0.15) is 42.9 Å². The fourth-order valence-electron chi connectivity index (χ4n) is 6.09. The molecule has 0 bridgehead atoms. The highest BCUT2D eigenvalue weighted by molar-refractivity contribution is 6.09. The van der Waals surface area contributed by atoms with Crippen LogP contribution in [0.25, 0.3) is 0 Å². The van der Waals surface area contributed by atoms with Crippen molar-refractivity contribution < 1.29 is 43.2 Å². The highest BCUT2D eigenvalue weighted by atomic mass is 16.6. The lowest BCUT2D eigenvalue weighted by atomic mass is 9.86. The molecule has 1 aliphatic heterocycles. The van der Waals surface area contributed by atoms with Gasteiger partial charge in [-0.15, -0.1) is 0 Å². The lowest BCUT2D eigenvalue weighted by Gasteiger charge is -2.32. The van der Waals surface area contributed by atoms with Gasteiger partial charge in [-0.3, -0.25) is 15.0 Å². The Kier molecular flexibility index (Phi) is 14.2. The Morgan fingerprint density at radius 3 is 2.35 bits per heavy atom. The number of hydrogen-bond donors (Lipinski definition) is 5. The molecule has 288 valence electrons. The van der Waals surface area contributed by atoms with Crippen molar-refractivity contribution in [2.45, 2.75) is 136 Å². The molecule has 0 radical (unpaired) electrons. The number of aliphatic imine (C=N–C) groups is 1. The summed E-state index contributed by atoms with van der Waals surface area (Å²) in [4.78, 5) is 59.3. The maximum atomic E-state index is 13.8. The van der Waals surface area contributed by atoms with Crippen LogP contribution in [0.3, 0.4) is 0 Å². The van der Waals surface area contributed by atoms with Crippen LogP contribution >= 0.6 is 0 Å². The zero-order chi connectivity index (χ0) is 39.0. The van der Waals surface area contributed by atoms with E-state index >= 15 is 0 Å². The van der Waals surface area contributed by atoms with Gasteiger partial charge in [0, 0.05) is 12.3 Å². The molecule has 1 aromatic rings. The number of H-pyrrole nitrogens is 1. The van der Waals surface area contributed by atoms with Crippen LogP contribution in [0.2, 0.25) is 0 Å². The number of ether oxygens (including phenoxy) is 4. The van der Waals surface area contributed by atoms with Crippen molar-refractivity contribution in [3.8, 4) is 6.07 Å². The van der Waals surface area contributed by atoms with E-state index in [4.69, 9.17) is 24.4 Å². The molecule has 2 aliphatic rings. The van der Waals surface area contributed by atoms with Crippen LogP contribution in [0, 0.1) is 39.9 Å². The van der Waals surface area contributed by atoms with Crippen molar-refractivity contribution >= 4 is 36.1 Å². The summed E-state index contributed by atoms with van der Waals surface area (Å²) in [5.74, 6) is -1.93. The third kappa shape index (κ3) is 10.9. The van der Waals surface area contributed by atoms with Crippen molar-refractivity contribution in [3.05, 3.63) is 23.5 Å². The molecule has 2 fully saturated rings. The molecule has 2 amide bonds. The molecule has 1 saturated carbocycles. The number of aliphatic hydroxyl groups is 1. The monoisotopic (exact) mass is 728 g/mol. The van der Waals surface area contributed by atoms with Gasteiger partial charge in [0.25, 0.3) is 0 Å². The Balaban J connectivity index is 1.95. The summed E-state index contributed by atoms with van der Waals surface area (Å²) in [5.41, 5.74) is -3.68. The van der Waals surface area contributed by atoms with Gasteiger partial charge in [0.15, 0.2) is 11.9 Å². The molecule has 1 aliphatic carbocycles. The first-order valence-corrected chi connectivity index (χ1v) is 17.9. The Labute approximate surface area is 306 Å². The highest BCUT2D eigenvalue weighted by Crippen LogP contribution is 2.41. The third-order valence-corrected chi connectivity index (χ3v) is 9.39. The molecule has 52 heavy (non-hydrogen) atoms. The lowest BCUT2D eigenvalue weighted by molar-refractivity contribution is -0.164. The van der Waals surface area contributed by atoms with E-state index in [0.29, 0.717) is 0 Å². The van der Waals surface area contributed by atoms with Crippen LogP contribution in [0.5, 0.6) is 0 Å². The minimum absolute atomic E-state index is 0.00302. The van der Waals surface area contributed by atoms with E-state index in [-0.39, 0.29) is 47.3 Å². The van der Waals surface area contributed by atoms with Crippen LogP contribution in [0.1, 0.15) is 112 Å². The number of amidine groups is 1. The van der Waals surface area contributed by atoms with E-state index in [9.17, 15) is 29.5 Å². The molecule has 1 saturated heterocycles. The molecule has 2 heterocycles. The van der Waals surface area contributed by atoms with E-state index in [0.717, 1.165) is 38.4 Å². The van der Waals surface area contributed by atoms with Gasteiger partial charge in [-0.2, -0.15) is 5.26 Å². The number of aromatic nitrogens is 1. The fraction of sp³-hybridized carbons (Fsp3) is 0.703. The Morgan fingerprint density at radius 1 is 1.13 bits per heavy atom. The summed E-state index contributed by atoms with van der Waals surface area (Å²) in [6, 6.07) is 3.69. The van der Waals surface area contributed by atoms with E-state index in [2.05, 4.69) is 20.6 Å². The minimum Gasteiger partial charge on any atom is -0.463 e. The van der Waals surface area contributed by atoms with Gasteiger partial charge in [-0.25, -0.2) is 14.6 Å². The SMILES string of the molecule is CC(C)[C@H](C)C(=O)N/C(=N/C=N)c1ccc([C@]2(C#N)O[C@H](COC(=O)CC3CCCCC3)[C@@H](OC(=O)[C@@H](NC(=O)OC(C)(C)C)C(C)(C)C)[C@H]2O)[nH]1. The van der Waals surface area contributed by atoms with Crippen LogP contribution in [0.15, 0.2) is 17.1 Å². The van der Waals surface area contributed by atoms with E-state index in [1.807, 2.05) is 19.9 Å². The number of carbonyl (C=O) groups excluding carboxylic acids is 4. The zero-order valence-electron chi connectivity index (χ0n) is 31.8. The summed E-state index contributed by atoms with van der Waals surface area (Å²) in [5, 5.41) is 35.2. The van der Waals surface area contributed by atoms with Crippen molar-refractivity contribution in [1.29, 1.82) is 10.7 Å². The van der Waals surface area contributed by atoms with Crippen LogP contribution in [0.4, 0.5) is 4.79 Å². The lowest BCUT2D eigenvalue weighted by Crippen LogP contribution is -2.53. The molecular formula is C37H56N6O9. The number of alkyl carbamates (subject to hydrolysis) is 1. The number of nitrogens with one attached hydrogen (secondary N) is 4. The van der Waals surface area contributed by atoms with Gasteiger partial charge >= 0.3 is 18.0 Å². The van der Waals surface area contributed by atoms with Gasteiger partial charge in [0.2, 0.25) is 11.5 Å². The van der Waals surface area contributed by atoms with Crippen molar-refractivity contribution in [1.82, 2.24) is 15.6 Å². The summed E-state index contributed by atoms with van der Waals surface area (Å²) < 4.78 is 23.0. The normalized spacial score (nSPS) is 24.0. The summed E-state index contributed by atoms with van der Waals surface area (Å²) in [7, 11) is 0. The Hall–Kier alpha value is -4.29. The maximum absolute atomic E-state index is 13.8. The van der Waals surface area contributed by atoms with Crippen LogP contribution in [-0.2, 0) is 38.9 Å². The van der Waals surface area contributed by atoms with Gasteiger partial charge in [0.05, 0.1) is 11.4 Å². The zero-order valence-corrected chi connectivity index (χ0v) is 31.8. The molecule has 0 spiro atoms. The topological polar surface area (TPSA) is 225 Å². The molecule has 6 atom stereocenters. The molecule has 5 N–H and O–H groups in total. The number of hydrogen-bond acceptors (Lipinski definition) is 11. The largest absolute Gasteiger partial charge is 0.463 e. The average molecular weight is 729 g/mol. The number of aliphatic hydroxyl groups excluding tert-OH is 1. The molecule has 0 aromatic carbocycles. The molecule has 3 rings (SSSR count). The smallest absolute Gasteiger partial charge is 0.408 e. The standard InChI is InChI=1S/C37H56N6O9/c1-21(2)22(3)32(46)43-31(40-20-39)24-15-16-26(41-24)37(19-38)30(45)28(25(51-37)18-49-27(44)17-23-13-11-10-12-14-23)50-33(47)29(35(4,5)6)42-34(48)52-36(7,8)9/h15-16,20-23,25,28-30,41,45H,10-14,17-18H2,1-9H3,(H,42,48)(H2,39,40,43,46)/t22-,25+,28+,29+,30+,37-/m0/s1. The third-order valence-electron chi connectivity index (χ3n) is 9.39. The minimum atomic E-state index is -2.18. The van der Waals surface area contributed by atoms with Crippen molar-refractivity contribution in [2.75, 3.05) is 6.61 Å². The predicted octanol–water partition coefficient (Wildman–Crippen LogP) is 4.62. The van der Waals surface area contributed by atoms with E-state index in [1.165, 1.54) is 12.1 Å². The first-order chi connectivity index (χ1) is 24.2. The number of rotatable bonds is 12. The average Bonchev–Trinajstić information content (AvgIpc) is 3.65. The van der Waals surface area contributed by atoms with Gasteiger partial charge < -0.3 is 39.7 Å². The van der Waals surface area contributed by atoms with Crippen molar-refractivity contribution in [3.63, 3.8) is 0 Å². The van der Waals surface area contributed by atoms with Gasteiger partial charge in [-0.1, -0.05) is 60.8 Å². The molecular weight excluding hydrogens is 672 g/mol. The maximum Gasteiger partial charge on any atom is 0.408 e. The summed E-state index contributed by atoms with van der Waals surface area (Å²) in [6.07, 6.45) is 0.466. The Bertz CT molecular complexity index is 1510. The van der Waals surface area contributed by atoms with E-state index < -0.39 is 65.6 Å². The summed E-state index contributed by atoms with van der Waals surface area (Å²) >= 11 is 0. The second-order valence-corrected chi connectivity index (χ2v) is 16.1. The number of amides is 2. The van der Waals surface area contributed by atoms with Crippen LogP contribution in [-0.4, -0.2) is 82.8 Å². The fourth-order valence-corrected chi connectivity index (χ4v) is 6.09. The van der Waals surface area contributed by atoms with E-state index in [1.54, 1.807) is 48.5 Å². The Morgan fingerprint density at radius 2 is 1.79 bits per heavy atom. The first-order valence-electron chi connectivity index (χ1n) is 17.9. The first kappa shape index (κ1) is 42.1. The second-order valence-electron chi connectivity index (χ2n) is 16.1. The molecule has 15 nitrogen and oxygen atoms in total. The predicted molar refractivity (Wildman–Crippen MR) is 191 cm³/mol. The molecule has 0 unspecified atom stereocenters. The van der Waals surface area contributed by atoms with Crippen molar-refractivity contribution in [2.24, 2.45) is 28.2 Å². The number of esters is 2. The number of nitrogens with zero attached hydrogens (tertiary/aromatic N) is 2. The number of aromatic amines is 1. The molecule has 1 aromatic heterocycles. The number of carbonyl (C=O) groups is 4. The second kappa shape index (κ2) is 17.5. The van der Waals surface area contributed by atoms with Gasteiger partial charge in [-0.05, 0) is 63.0 Å². The summed E-state index contributed by atoms with van der Waals surface area (Å²) in [6.45, 7) is 15.2. The van der Waals surface area contributed by atoms with Crippen LogP contribution < -0.4 is 10.6 Å². The number of nitriles is 1.